The Morgan fingerprint density at radius 3 is 2.60 bits per heavy atom. The molecule has 1 saturated heterocycles. The van der Waals surface area contributed by atoms with Crippen molar-refractivity contribution >= 4 is 5.78 Å². The van der Waals surface area contributed by atoms with E-state index in [4.69, 9.17) is 4.42 Å². The molecule has 1 aromatic carbocycles. The molecular weight excluding hydrogens is 504 g/mol. The fraction of sp³-hybridized carbons (Fsp3) is 0.606. The van der Waals surface area contributed by atoms with Gasteiger partial charge < -0.3 is 19.7 Å². The van der Waals surface area contributed by atoms with Crippen LogP contribution in [-0.4, -0.2) is 88.5 Å². The summed E-state index contributed by atoms with van der Waals surface area (Å²) in [5, 5.41) is 32.6. The number of fused-ring (bicyclic) bond motifs is 8. The first-order chi connectivity index (χ1) is 19.2. The molecule has 40 heavy (non-hydrogen) atoms. The molecule has 3 aliphatic carbocycles. The summed E-state index contributed by atoms with van der Waals surface area (Å²) in [7, 11) is 0. The second-order valence-electron chi connectivity index (χ2n) is 12.6. The molecule has 4 atom stereocenters. The van der Waals surface area contributed by atoms with Crippen molar-refractivity contribution < 1.29 is 24.5 Å². The van der Waals surface area contributed by atoms with Gasteiger partial charge in [-0.25, -0.2) is 0 Å². The topological polar surface area (TPSA) is 97.4 Å². The number of carbonyl (C=O) groups is 1. The third-order valence-electron chi connectivity index (χ3n) is 10.0. The molecule has 218 valence electrons. The summed E-state index contributed by atoms with van der Waals surface area (Å²) in [5.41, 5.74) is 2.50. The minimum absolute atomic E-state index is 0.0118. The van der Waals surface area contributed by atoms with Crippen molar-refractivity contribution in [1.29, 1.82) is 0 Å². The van der Waals surface area contributed by atoms with Crippen LogP contribution in [0.4, 0.5) is 0 Å². The van der Waals surface area contributed by atoms with Crippen molar-refractivity contribution in [3.8, 4) is 0 Å². The SMILES string of the molecule is CC1=CCC[C@@]2(C)[C@@H](CC[C@@]2(O)CN2CCN(CCO)CC2)c2ccc(cc2C(=O)c2ccco2)C[C@@H](O)CC1. The fourth-order valence-corrected chi connectivity index (χ4v) is 7.42. The molecule has 7 nitrogen and oxygen atoms in total. The van der Waals surface area contributed by atoms with Crippen molar-refractivity contribution in [3.05, 3.63) is 70.7 Å². The maximum Gasteiger partial charge on any atom is 0.228 e. The van der Waals surface area contributed by atoms with Gasteiger partial charge in [0, 0.05) is 50.2 Å². The van der Waals surface area contributed by atoms with Crippen molar-refractivity contribution in [2.75, 3.05) is 45.9 Å². The molecule has 6 rings (SSSR count). The minimum atomic E-state index is -0.893. The van der Waals surface area contributed by atoms with E-state index in [0.29, 0.717) is 43.7 Å². The molecule has 0 unspecified atom stereocenters. The first kappa shape index (κ1) is 29.2. The third kappa shape index (κ3) is 6.00. The van der Waals surface area contributed by atoms with Gasteiger partial charge in [-0.2, -0.15) is 0 Å². The van der Waals surface area contributed by atoms with Crippen LogP contribution in [0.15, 0.2) is 52.7 Å². The number of hydrogen-bond donors (Lipinski definition) is 3. The van der Waals surface area contributed by atoms with Gasteiger partial charge in [-0.15, -0.1) is 0 Å². The van der Waals surface area contributed by atoms with E-state index in [1.807, 2.05) is 6.07 Å². The normalized spacial score (nSPS) is 30.6. The number of ketones is 1. The predicted molar refractivity (Wildman–Crippen MR) is 156 cm³/mol. The van der Waals surface area contributed by atoms with Gasteiger partial charge in [0.15, 0.2) is 5.76 Å². The molecule has 1 saturated carbocycles. The van der Waals surface area contributed by atoms with E-state index < -0.39 is 17.1 Å². The number of piperazine rings is 1. The predicted octanol–water partition coefficient (Wildman–Crippen LogP) is 4.16. The fourth-order valence-electron chi connectivity index (χ4n) is 7.42. The molecule has 7 heteroatoms. The van der Waals surface area contributed by atoms with E-state index in [-0.39, 0.29) is 18.3 Å². The minimum Gasteiger partial charge on any atom is -0.461 e. The average molecular weight is 551 g/mol. The van der Waals surface area contributed by atoms with Crippen molar-refractivity contribution in [3.63, 3.8) is 0 Å². The highest BCUT2D eigenvalue weighted by atomic mass is 16.3. The van der Waals surface area contributed by atoms with Crippen LogP contribution in [0.3, 0.4) is 0 Å². The molecule has 0 amide bonds. The summed E-state index contributed by atoms with van der Waals surface area (Å²) >= 11 is 0. The molecule has 2 fully saturated rings. The number of benzene rings is 1. The zero-order valence-corrected chi connectivity index (χ0v) is 24.1. The number of allylic oxidation sites excluding steroid dienone is 2. The Hall–Kier alpha value is -2.29. The summed E-state index contributed by atoms with van der Waals surface area (Å²) in [6, 6.07) is 9.54. The van der Waals surface area contributed by atoms with E-state index in [0.717, 1.165) is 63.0 Å². The standard InChI is InChI=1S/C33H46N2O5/c1-24-5-3-12-32(2)29(11-13-33(32,39)23-35-16-14-34(15-17-35)18-19-36)27-10-8-25(21-26(37)9-7-24)22-28(27)31(38)30-6-4-20-40-30/h4-6,8,10,20,22,26,29,36-37,39H,3,7,9,11-19,21,23H2,1-2H3/t26-,29-,32-,33+/m0/s1. The average Bonchev–Trinajstić information content (AvgIpc) is 3.56. The van der Waals surface area contributed by atoms with Crippen LogP contribution in [0.1, 0.15) is 85.5 Å². The second-order valence-corrected chi connectivity index (χ2v) is 12.6. The molecule has 2 aromatic rings. The summed E-state index contributed by atoms with van der Waals surface area (Å²) in [5.74, 6) is 0.184. The molecule has 4 aliphatic rings. The van der Waals surface area contributed by atoms with E-state index in [2.05, 4.69) is 41.9 Å². The van der Waals surface area contributed by atoms with Gasteiger partial charge in [0.2, 0.25) is 5.78 Å². The number of rotatable bonds is 6. The lowest BCUT2D eigenvalue weighted by Crippen LogP contribution is -2.56. The number of carbonyl (C=O) groups excluding carboxylic acids is 1. The highest BCUT2D eigenvalue weighted by molar-refractivity contribution is 6.08. The number of hydrogen-bond acceptors (Lipinski definition) is 7. The van der Waals surface area contributed by atoms with Crippen molar-refractivity contribution in [2.45, 2.75) is 76.4 Å². The van der Waals surface area contributed by atoms with E-state index >= 15 is 0 Å². The maximum absolute atomic E-state index is 13.8. The Morgan fingerprint density at radius 2 is 1.88 bits per heavy atom. The van der Waals surface area contributed by atoms with Gasteiger partial charge in [0.1, 0.15) is 0 Å². The Bertz CT molecular complexity index is 1190. The Kier molecular flexibility index (Phi) is 8.98. The number of aliphatic hydroxyl groups excluding tert-OH is 2. The first-order valence-corrected chi connectivity index (χ1v) is 15.0. The highest BCUT2D eigenvalue weighted by Gasteiger charge is 2.57. The Balaban J connectivity index is 1.51. The number of furan rings is 1. The Morgan fingerprint density at radius 1 is 1.10 bits per heavy atom. The molecule has 1 aromatic heterocycles. The third-order valence-corrected chi connectivity index (χ3v) is 10.0. The lowest BCUT2D eigenvalue weighted by molar-refractivity contribution is -0.0888. The molecule has 0 radical (unpaired) electrons. The zero-order chi connectivity index (χ0) is 28.3. The van der Waals surface area contributed by atoms with Gasteiger partial charge in [0.05, 0.1) is 24.6 Å². The van der Waals surface area contributed by atoms with Gasteiger partial charge >= 0.3 is 0 Å². The molecule has 3 N–H and O–H groups in total. The molecular formula is C33H46N2O5. The number of aliphatic hydroxyl groups is 3. The van der Waals surface area contributed by atoms with Crippen LogP contribution in [-0.2, 0) is 6.42 Å². The zero-order valence-electron chi connectivity index (χ0n) is 24.1. The monoisotopic (exact) mass is 550 g/mol. The Labute approximate surface area is 238 Å². The van der Waals surface area contributed by atoms with Gasteiger partial charge in [-0.05, 0) is 87.1 Å². The van der Waals surface area contributed by atoms with Crippen LogP contribution < -0.4 is 0 Å². The number of nitrogens with zero attached hydrogens (tertiary/aromatic N) is 2. The first-order valence-electron chi connectivity index (χ1n) is 15.0. The van der Waals surface area contributed by atoms with Gasteiger partial charge in [0.25, 0.3) is 0 Å². The second kappa shape index (κ2) is 12.3. The lowest BCUT2D eigenvalue weighted by Gasteiger charge is -2.47. The van der Waals surface area contributed by atoms with Crippen LogP contribution in [0.5, 0.6) is 0 Å². The maximum atomic E-state index is 13.8. The summed E-state index contributed by atoms with van der Waals surface area (Å²) in [6.07, 6.45) is 8.50. The van der Waals surface area contributed by atoms with E-state index in [1.165, 1.54) is 11.8 Å². The van der Waals surface area contributed by atoms with E-state index in [9.17, 15) is 20.1 Å². The smallest absolute Gasteiger partial charge is 0.228 e. The summed E-state index contributed by atoms with van der Waals surface area (Å²) in [4.78, 5) is 18.4. The lowest BCUT2D eigenvalue weighted by atomic mass is 9.64. The van der Waals surface area contributed by atoms with Crippen molar-refractivity contribution in [1.82, 2.24) is 9.80 Å². The largest absolute Gasteiger partial charge is 0.461 e. The molecule has 0 spiro atoms. The van der Waals surface area contributed by atoms with Gasteiger partial charge in [-0.1, -0.05) is 30.7 Å². The molecule has 1 aliphatic heterocycles. The van der Waals surface area contributed by atoms with Crippen molar-refractivity contribution in [2.24, 2.45) is 5.41 Å². The van der Waals surface area contributed by atoms with Crippen LogP contribution >= 0.6 is 0 Å². The summed E-state index contributed by atoms with van der Waals surface area (Å²) < 4.78 is 5.53. The number of β-amino-alcohol motifs (C(OH)–C–C–N with tert-alkyl or cyclic N) is 2. The quantitative estimate of drug-likeness (QED) is 0.367. The van der Waals surface area contributed by atoms with E-state index in [1.54, 1.807) is 12.1 Å². The summed E-state index contributed by atoms with van der Waals surface area (Å²) in [6.45, 7) is 9.40. The van der Waals surface area contributed by atoms with Crippen LogP contribution in [0.2, 0.25) is 0 Å². The molecule has 2 bridgehead atoms. The van der Waals surface area contributed by atoms with Gasteiger partial charge in [-0.3, -0.25) is 14.6 Å². The molecule has 2 heterocycles. The highest BCUT2D eigenvalue weighted by Crippen LogP contribution is 2.58. The van der Waals surface area contributed by atoms with Crippen LogP contribution in [0.25, 0.3) is 0 Å². The van der Waals surface area contributed by atoms with Crippen LogP contribution in [0, 0.1) is 5.41 Å².